The molecule has 1 aliphatic carbocycles. The first-order valence-electron chi connectivity index (χ1n) is 12.1. The molecule has 0 aromatic heterocycles. The van der Waals surface area contributed by atoms with Crippen LogP contribution in [0.5, 0.6) is 5.75 Å². The highest BCUT2D eigenvalue weighted by atomic mass is 35.5. The standard InChI is InChI=1S/C27H35ClN2O3/c1-32-25-12-6-10-23(18-25)26(33-20-21-7-5-11-24(28)17-21)19-29-13-15-30(16-14-29)27(31)22-8-3-2-4-9-22/h5-7,10-12,17-18,22,26H,2-4,8-9,13-16,19-20H2,1H3/t26-/m0/s1. The molecule has 1 atom stereocenters. The minimum Gasteiger partial charge on any atom is -0.497 e. The van der Waals surface area contributed by atoms with E-state index in [4.69, 9.17) is 21.1 Å². The fraction of sp³-hybridized carbons (Fsp3) is 0.519. The van der Waals surface area contributed by atoms with Gasteiger partial charge in [0, 0.05) is 43.7 Å². The van der Waals surface area contributed by atoms with Crippen LogP contribution in [0.3, 0.4) is 0 Å². The van der Waals surface area contributed by atoms with E-state index in [1.54, 1.807) is 7.11 Å². The molecule has 0 spiro atoms. The molecule has 0 radical (unpaired) electrons. The van der Waals surface area contributed by atoms with E-state index in [-0.39, 0.29) is 12.0 Å². The highest BCUT2D eigenvalue weighted by Crippen LogP contribution is 2.27. The van der Waals surface area contributed by atoms with Gasteiger partial charge in [0.2, 0.25) is 5.91 Å². The Morgan fingerprint density at radius 1 is 1.03 bits per heavy atom. The van der Waals surface area contributed by atoms with Gasteiger partial charge >= 0.3 is 0 Å². The van der Waals surface area contributed by atoms with Gasteiger partial charge in [0.15, 0.2) is 0 Å². The number of nitrogens with zero attached hydrogens (tertiary/aromatic N) is 2. The summed E-state index contributed by atoms with van der Waals surface area (Å²) >= 11 is 6.16. The maximum absolute atomic E-state index is 12.9. The van der Waals surface area contributed by atoms with Crippen LogP contribution in [0, 0.1) is 5.92 Å². The third-order valence-corrected chi connectivity index (χ3v) is 7.10. The second-order valence-electron chi connectivity index (χ2n) is 9.17. The highest BCUT2D eigenvalue weighted by Gasteiger charge is 2.29. The number of halogens is 1. The van der Waals surface area contributed by atoms with E-state index in [0.29, 0.717) is 17.5 Å². The molecule has 1 saturated carbocycles. The van der Waals surface area contributed by atoms with Crippen molar-refractivity contribution in [2.75, 3.05) is 39.8 Å². The largest absolute Gasteiger partial charge is 0.497 e. The summed E-state index contributed by atoms with van der Waals surface area (Å²) in [5.41, 5.74) is 2.15. The molecule has 2 aromatic rings. The zero-order chi connectivity index (χ0) is 23.0. The molecule has 5 nitrogen and oxygen atoms in total. The predicted octanol–water partition coefficient (Wildman–Crippen LogP) is 5.33. The van der Waals surface area contributed by atoms with E-state index in [2.05, 4.69) is 15.9 Å². The molecule has 2 aromatic carbocycles. The van der Waals surface area contributed by atoms with Crippen molar-refractivity contribution in [1.82, 2.24) is 9.80 Å². The highest BCUT2D eigenvalue weighted by molar-refractivity contribution is 6.30. The van der Waals surface area contributed by atoms with E-state index in [1.807, 2.05) is 42.5 Å². The Bertz CT molecular complexity index is 908. The second-order valence-corrected chi connectivity index (χ2v) is 9.60. The van der Waals surface area contributed by atoms with Gasteiger partial charge in [-0.3, -0.25) is 9.69 Å². The fourth-order valence-corrected chi connectivity index (χ4v) is 5.13. The van der Waals surface area contributed by atoms with Crippen molar-refractivity contribution in [3.8, 4) is 5.75 Å². The first-order valence-corrected chi connectivity index (χ1v) is 12.5. The van der Waals surface area contributed by atoms with Crippen molar-refractivity contribution < 1.29 is 14.3 Å². The Balaban J connectivity index is 1.38. The van der Waals surface area contributed by atoms with Gasteiger partial charge < -0.3 is 14.4 Å². The summed E-state index contributed by atoms with van der Waals surface area (Å²) in [5.74, 6) is 1.44. The number of methoxy groups -OCH3 is 1. The number of hydrogen-bond acceptors (Lipinski definition) is 4. The van der Waals surface area contributed by atoms with E-state index in [0.717, 1.165) is 62.4 Å². The predicted molar refractivity (Wildman–Crippen MR) is 132 cm³/mol. The quantitative estimate of drug-likeness (QED) is 0.522. The molecular weight excluding hydrogens is 436 g/mol. The summed E-state index contributed by atoms with van der Waals surface area (Å²) in [7, 11) is 1.68. The molecule has 4 rings (SSSR count). The molecule has 0 unspecified atom stereocenters. The van der Waals surface area contributed by atoms with E-state index in [9.17, 15) is 4.79 Å². The van der Waals surface area contributed by atoms with Crippen molar-refractivity contribution in [3.05, 3.63) is 64.7 Å². The number of hydrogen-bond donors (Lipinski definition) is 0. The van der Waals surface area contributed by atoms with Gasteiger partial charge in [0.1, 0.15) is 5.75 Å². The number of ether oxygens (including phenoxy) is 2. The van der Waals surface area contributed by atoms with Crippen LogP contribution in [0.15, 0.2) is 48.5 Å². The summed E-state index contributed by atoms with van der Waals surface area (Å²) in [4.78, 5) is 17.4. The number of carbonyl (C=O) groups excluding carboxylic acids is 1. The number of carbonyl (C=O) groups is 1. The van der Waals surface area contributed by atoms with Crippen LogP contribution in [-0.4, -0.2) is 55.5 Å². The molecule has 178 valence electrons. The number of piperazine rings is 1. The minimum absolute atomic E-state index is 0.0975. The lowest BCUT2D eigenvalue weighted by Gasteiger charge is -2.38. The number of amides is 1. The zero-order valence-corrected chi connectivity index (χ0v) is 20.3. The van der Waals surface area contributed by atoms with Crippen molar-refractivity contribution in [1.29, 1.82) is 0 Å². The van der Waals surface area contributed by atoms with Gasteiger partial charge in [-0.25, -0.2) is 0 Å². The Morgan fingerprint density at radius 2 is 1.79 bits per heavy atom. The van der Waals surface area contributed by atoms with E-state index < -0.39 is 0 Å². The summed E-state index contributed by atoms with van der Waals surface area (Å²) < 4.78 is 11.8. The molecule has 33 heavy (non-hydrogen) atoms. The molecule has 1 aliphatic heterocycles. The van der Waals surface area contributed by atoms with Crippen LogP contribution >= 0.6 is 11.6 Å². The van der Waals surface area contributed by atoms with Gasteiger partial charge in [-0.1, -0.05) is 55.1 Å². The van der Waals surface area contributed by atoms with Gasteiger partial charge in [-0.15, -0.1) is 0 Å². The SMILES string of the molecule is COc1cccc([C@H](CN2CCN(C(=O)C3CCCCC3)CC2)OCc2cccc(Cl)c2)c1. The number of benzene rings is 2. The van der Waals surface area contributed by atoms with Crippen LogP contribution in [0.1, 0.15) is 49.3 Å². The third-order valence-electron chi connectivity index (χ3n) is 6.87. The molecule has 0 bridgehead atoms. The van der Waals surface area contributed by atoms with Gasteiger partial charge in [0.25, 0.3) is 0 Å². The summed E-state index contributed by atoms with van der Waals surface area (Å²) in [6, 6.07) is 15.9. The lowest BCUT2D eigenvalue weighted by atomic mass is 9.88. The average molecular weight is 471 g/mol. The van der Waals surface area contributed by atoms with Crippen LogP contribution in [-0.2, 0) is 16.1 Å². The summed E-state index contributed by atoms with van der Waals surface area (Å²) in [6.45, 7) is 4.61. The monoisotopic (exact) mass is 470 g/mol. The van der Waals surface area contributed by atoms with Crippen LogP contribution in [0.25, 0.3) is 0 Å². The minimum atomic E-state index is -0.0975. The smallest absolute Gasteiger partial charge is 0.225 e. The maximum Gasteiger partial charge on any atom is 0.225 e. The van der Waals surface area contributed by atoms with Crippen molar-refractivity contribution in [2.45, 2.75) is 44.8 Å². The first kappa shape index (κ1) is 24.1. The molecule has 2 fully saturated rings. The Kier molecular flexibility index (Phi) is 8.65. The van der Waals surface area contributed by atoms with E-state index in [1.165, 1.54) is 19.3 Å². The number of rotatable bonds is 8. The van der Waals surface area contributed by atoms with Crippen LogP contribution < -0.4 is 4.74 Å². The Labute approximate surface area is 202 Å². The van der Waals surface area contributed by atoms with E-state index >= 15 is 0 Å². The van der Waals surface area contributed by atoms with Crippen molar-refractivity contribution >= 4 is 17.5 Å². The molecule has 2 aliphatic rings. The molecule has 6 heteroatoms. The van der Waals surface area contributed by atoms with Crippen molar-refractivity contribution in [3.63, 3.8) is 0 Å². The summed E-state index contributed by atoms with van der Waals surface area (Å²) in [5, 5.41) is 0.716. The lowest BCUT2D eigenvalue weighted by molar-refractivity contribution is -0.138. The topological polar surface area (TPSA) is 42.0 Å². The van der Waals surface area contributed by atoms with Crippen LogP contribution in [0.4, 0.5) is 0 Å². The molecule has 1 saturated heterocycles. The van der Waals surface area contributed by atoms with Crippen molar-refractivity contribution in [2.24, 2.45) is 5.92 Å². The molecular formula is C27H35ClN2O3. The molecule has 0 N–H and O–H groups in total. The third kappa shape index (κ3) is 6.72. The zero-order valence-electron chi connectivity index (χ0n) is 19.5. The van der Waals surface area contributed by atoms with Crippen LogP contribution in [0.2, 0.25) is 5.02 Å². The summed E-state index contributed by atoms with van der Waals surface area (Å²) in [6.07, 6.45) is 5.70. The molecule has 1 heterocycles. The average Bonchev–Trinajstić information content (AvgIpc) is 2.87. The van der Waals surface area contributed by atoms with Gasteiger partial charge in [-0.05, 0) is 48.2 Å². The first-order chi connectivity index (χ1) is 16.1. The molecule has 1 amide bonds. The normalized spacial score (nSPS) is 18.8. The maximum atomic E-state index is 12.9. The second kappa shape index (κ2) is 11.9. The lowest BCUT2D eigenvalue weighted by Crippen LogP contribution is -2.51. The Morgan fingerprint density at radius 3 is 2.52 bits per heavy atom. The fourth-order valence-electron chi connectivity index (χ4n) is 4.91. The van der Waals surface area contributed by atoms with Gasteiger partial charge in [0.05, 0.1) is 19.8 Å². The van der Waals surface area contributed by atoms with Gasteiger partial charge in [-0.2, -0.15) is 0 Å². The Hall–Kier alpha value is -2.08.